The van der Waals surface area contributed by atoms with Crippen LogP contribution in [0.2, 0.25) is 0 Å². The van der Waals surface area contributed by atoms with Crippen LogP contribution in [0, 0.1) is 0 Å². The summed E-state index contributed by atoms with van der Waals surface area (Å²) in [5.74, 6) is 1.27. The molecule has 5 nitrogen and oxygen atoms in total. The van der Waals surface area contributed by atoms with Crippen LogP contribution in [-0.4, -0.2) is 22.8 Å². The normalized spacial score (nSPS) is 24.0. The molecule has 0 bridgehead atoms. The maximum Gasteiger partial charge on any atom is 0.255 e. The van der Waals surface area contributed by atoms with Gasteiger partial charge in [-0.3, -0.25) is 0 Å². The van der Waals surface area contributed by atoms with Crippen molar-refractivity contribution in [1.29, 1.82) is 0 Å². The zero-order valence-corrected chi connectivity index (χ0v) is 8.27. The third kappa shape index (κ3) is 2.10. The average molecular weight is 197 g/mol. The topological polar surface area (TPSA) is 74.2 Å². The van der Waals surface area contributed by atoms with Gasteiger partial charge in [-0.15, -0.1) is 0 Å². The van der Waals surface area contributed by atoms with Crippen LogP contribution in [0.5, 0.6) is 0 Å². The quantitative estimate of drug-likeness (QED) is 0.776. The van der Waals surface area contributed by atoms with Gasteiger partial charge in [0, 0.05) is 19.1 Å². The number of aromatic nitrogens is 2. The number of hydrogen-bond acceptors (Lipinski definition) is 5. The summed E-state index contributed by atoms with van der Waals surface area (Å²) in [6.45, 7) is 2.71. The van der Waals surface area contributed by atoms with Gasteiger partial charge in [-0.25, -0.2) is 0 Å². The van der Waals surface area contributed by atoms with Gasteiger partial charge < -0.3 is 15.0 Å². The van der Waals surface area contributed by atoms with Crippen molar-refractivity contribution in [2.45, 2.75) is 38.3 Å². The number of nitrogens with zero attached hydrogens (tertiary/aromatic N) is 2. The van der Waals surface area contributed by atoms with E-state index >= 15 is 0 Å². The van der Waals surface area contributed by atoms with Crippen molar-refractivity contribution in [2.75, 3.05) is 6.61 Å². The molecule has 2 N–H and O–H groups in total. The maximum atomic E-state index is 5.63. The lowest BCUT2D eigenvalue weighted by atomic mass is 10.2. The van der Waals surface area contributed by atoms with Crippen LogP contribution in [0.4, 0.5) is 0 Å². The minimum atomic E-state index is 0.00401. The third-order valence-corrected chi connectivity index (χ3v) is 2.19. The van der Waals surface area contributed by atoms with Gasteiger partial charge in [-0.1, -0.05) is 5.16 Å². The lowest BCUT2D eigenvalue weighted by molar-refractivity contribution is 0.0835. The van der Waals surface area contributed by atoms with Crippen LogP contribution >= 0.6 is 0 Å². The van der Waals surface area contributed by atoms with Crippen LogP contribution in [0.1, 0.15) is 37.6 Å². The average Bonchev–Trinajstić information content (AvgIpc) is 2.69. The van der Waals surface area contributed by atoms with E-state index in [0.29, 0.717) is 18.1 Å². The summed E-state index contributed by atoms with van der Waals surface area (Å²) in [5, 5.41) is 3.85. The van der Waals surface area contributed by atoms with Gasteiger partial charge in [-0.2, -0.15) is 4.98 Å². The molecule has 5 heteroatoms. The number of hydrogen-bond donors (Lipinski definition) is 1. The van der Waals surface area contributed by atoms with E-state index in [1.165, 1.54) is 0 Å². The highest BCUT2D eigenvalue weighted by Crippen LogP contribution is 2.26. The summed E-state index contributed by atoms with van der Waals surface area (Å²) < 4.78 is 10.5. The SMILES string of the molecule is CC(N)Cc1noc(C2CCCO2)n1. The summed E-state index contributed by atoms with van der Waals surface area (Å²) in [6, 6.07) is 0.0601. The summed E-state index contributed by atoms with van der Waals surface area (Å²) >= 11 is 0. The lowest BCUT2D eigenvalue weighted by Crippen LogP contribution is -2.18. The molecule has 2 atom stereocenters. The Kier molecular flexibility index (Phi) is 2.79. The highest BCUT2D eigenvalue weighted by atomic mass is 16.5. The zero-order valence-electron chi connectivity index (χ0n) is 8.27. The predicted molar refractivity (Wildman–Crippen MR) is 49.6 cm³/mol. The highest BCUT2D eigenvalue weighted by molar-refractivity contribution is 4.93. The van der Waals surface area contributed by atoms with Gasteiger partial charge in [0.05, 0.1) is 0 Å². The molecular formula is C9H15N3O2. The van der Waals surface area contributed by atoms with Gasteiger partial charge >= 0.3 is 0 Å². The largest absolute Gasteiger partial charge is 0.368 e. The molecule has 0 aliphatic carbocycles. The Labute approximate surface area is 82.6 Å². The van der Waals surface area contributed by atoms with E-state index in [9.17, 15) is 0 Å². The number of rotatable bonds is 3. The van der Waals surface area contributed by atoms with Crippen molar-refractivity contribution in [2.24, 2.45) is 5.73 Å². The summed E-state index contributed by atoms with van der Waals surface area (Å²) in [7, 11) is 0. The van der Waals surface area contributed by atoms with Gasteiger partial charge in [-0.05, 0) is 19.8 Å². The Bertz CT molecular complexity index is 292. The van der Waals surface area contributed by atoms with Gasteiger partial charge in [0.25, 0.3) is 5.89 Å². The molecule has 0 spiro atoms. The number of nitrogens with two attached hydrogens (primary N) is 1. The Morgan fingerprint density at radius 3 is 3.14 bits per heavy atom. The minimum absolute atomic E-state index is 0.00401. The highest BCUT2D eigenvalue weighted by Gasteiger charge is 2.23. The third-order valence-electron chi connectivity index (χ3n) is 2.19. The van der Waals surface area contributed by atoms with Crippen molar-refractivity contribution in [3.8, 4) is 0 Å². The van der Waals surface area contributed by atoms with E-state index in [4.69, 9.17) is 15.0 Å². The standard InChI is InChI=1S/C9H15N3O2/c1-6(10)5-8-11-9(14-12-8)7-3-2-4-13-7/h6-7H,2-5,10H2,1H3. The summed E-state index contributed by atoms with van der Waals surface area (Å²) in [4.78, 5) is 4.25. The Morgan fingerprint density at radius 2 is 2.50 bits per heavy atom. The molecule has 1 aromatic heterocycles. The van der Waals surface area contributed by atoms with Crippen molar-refractivity contribution >= 4 is 0 Å². The van der Waals surface area contributed by atoms with Crippen LogP contribution in [0.15, 0.2) is 4.52 Å². The van der Waals surface area contributed by atoms with Crippen molar-refractivity contribution in [3.05, 3.63) is 11.7 Å². The first-order valence-corrected chi connectivity index (χ1v) is 4.95. The van der Waals surface area contributed by atoms with Crippen LogP contribution < -0.4 is 5.73 Å². The first kappa shape index (κ1) is 9.61. The van der Waals surface area contributed by atoms with Crippen LogP contribution in [0.3, 0.4) is 0 Å². The maximum absolute atomic E-state index is 5.63. The Morgan fingerprint density at radius 1 is 1.64 bits per heavy atom. The van der Waals surface area contributed by atoms with Crippen molar-refractivity contribution < 1.29 is 9.26 Å². The molecule has 1 aliphatic heterocycles. The summed E-state index contributed by atoms with van der Waals surface area (Å²) in [5.41, 5.74) is 5.63. The van der Waals surface area contributed by atoms with Crippen LogP contribution in [0.25, 0.3) is 0 Å². The van der Waals surface area contributed by atoms with E-state index in [-0.39, 0.29) is 12.1 Å². The summed E-state index contributed by atoms with van der Waals surface area (Å²) in [6.07, 6.45) is 2.69. The monoisotopic (exact) mass is 197 g/mol. The molecule has 2 heterocycles. The molecular weight excluding hydrogens is 182 g/mol. The smallest absolute Gasteiger partial charge is 0.255 e. The first-order chi connectivity index (χ1) is 6.75. The molecule has 14 heavy (non-hydrogen) atoms. The van der Waals surface area contributed by atoms with Crippen molar-refractivity contribution in [3.63, 3.8) is 0 Å². The molecule has 1 fully saturated rings. The molecule has 1 aromatic rings. The molecule has 2 rings (SSSR count). The van der Waals surface area contributed by atoms with E-state index in [2.05, 4.69) is 10.1 Å². The molecule has 78 valence electrons. The molecule has 0 radical (unpaired) electrons. The Hall–Kier alpha value is -0.940. The second-order valence-corrected chi connectivity index (χ2v) is 3.73. The molecule has 1 saturated heterocycles. The molecule has 0 amide bonds. The van der Waals surface area contributed by atoms with Gasteiger partial charge in [0.2, 0.25) is 0 Å². The van der Waals surface area contributed by atoms with Crippen molar-refractivity contribution in [1.82, 2.24) is 10.1 Å². The zero-order chi connectivity index (χ0) is 9.97. The van der Waals surface area contributed by atoms with E-state index < -0.39 is 0 Å². The fourth-order valence-electron chi connectivity index (χ4n) is 1.54. The predicted octanol–water partition coefficient (Wildman–Crippen LogP) is 0.811. The fraction of sp³-hybridized carbons (Fsp3) is 0.778. The second-order valence-electron chi connectivity index (χ2n) is 3.73. The second kappa shape index (κ2) is 4.06. The van der Waals surface area contributed by atoms with E-state index in [1.807, 2.05) is 6.92 Å². The Balaban J connectivity index is 2.01. The van der Waals surface area contributed by atoms with Gasteiger partial charge in [0.15, 0.2) is 5.82 Å². The first-order valence-electron chi connectivity index (χ1n) is 4.95. The molecule has 1 aliphatic rings. The minimum Gasteiger partial charge on any atom is -0.368 e. The van der Waals surface area contributed by atoms with Gasteiger partial charge in [0.1, 0.15) is 6.10 Å². The molecule has 0 aromatic carbocycles. The lowest BCUT2D eigenvalue weighted by Gasteiger charge is -2.00. The van der Waals surface area contributed by atoms with E-state index in [0.717, 1.165) is 19.4 Å². The van der Waals surface area contributed by atoms with E-state index in [1.54, 1.807) is 0 Å². The van der Waals surface area contributed by atoms with Crippen LogP contribution in [-0.2, 0) is 11.2 Å². The fourth-order valence-corrected chi connectivity index (χ4v) is 1.54. The molecule has 0 saturated carbocycles. The molecule has 2 unspecified atom stereocenters. The number of ether oxygens (including phenoxy) is 1.